The summed E-state index contributed by atoms with van der Waals surface area (Å²) < 4.78 is 12.9. The maximum Gasteiger partial charge on any atom is 0.190 e. The summed E-state index contributed by atoms with van der Waals surface area (Å²) in [6.07, 6.45) is 0. The molecule has 0 saturated heterocycles. The fourth-order valence-corrected chi connectivity index (χ4v) is 4.39. The molecule has 5 nitrogen and oxygen atoms in total. The molecule has 4 aromatic rings. The zero-order valence-corrected chi connectivity index (χ0v) is 15.0. The quantitative estimate of drug-likeness (QED) is 0.558. The molecule has 0 bridgehead atoms. The van der Waals surface area contributed by atoms with Crippen LogP contribution in [0.25, 0.3) is 20.4 Å². The van der Waals surface area contributed by atoms with Crippen LogP contribution in [0.4, 0.5) is 10.3 Å². The Morgan fingerprint density at radius 1 is 0.833 bits per heavy atom. The number of ether oxygens (including phenoxy) is 2. The molecule has 4 rings (SSSR count). The third kappa shape index (κ3) is 2.65. The predicted octanol–water partition coefficient (Wildman–Crippen LogP) is 4.98. The zero-order valence-electron chi connectivity index (χ0n) is 13.4. The van der Waals surface area contributed by atoms with Gasteiger partial charge in [0.05, 0.1) is 34.7 Å². The second-order valence-electron chi connectivity index (χ2n) is 5.31. The summed E-state index contributed by atoms with van der Waals surface area (Å²) in [5.41, 5.74) is 3.10. The average Bonchev–Trinajstić information content (AvgIpc) is 3.15. The van der Waals surface area contributed by atoms with Gasteiger partial charge in [0.2, 0.25) is 0 Å². The van der Waals surface area contributed by atoms with Crippen LogP contribution in [-0.2, 0) is 0 Å². The van der Waals surface area contributed by atoms with Crippen molar-refractivity contribution in [2.75, 3.05) is 19.5 Å². The summed E-state index contributed by atoms with van der Waals surface area (Å²) >= 11 is 3.19. The Hall–Kier alpha value is -2.38. The van der Waals surface area contributed by atoms with Crippen LogP contribution in [0.3, 0.4) is 0 Å². The standard InChI is InChI=1S/C17H15N3O2S2/c1-9-4-5-10-14(6-9)23-16(18-10)20-17-19-11-7-12(21-2)13(22-3)8-15(11)24-17/h4-8H,1-3H3,(H,18,19,20). The molecule has 7 heteroatoms. The Balaban J connectivity index is 1.70. The van der Waals surface area contributed by atoms with Crippen molar-refractivity contribution in [2.45, 2.75) is 6.92 Å². The topological polar surface area (TPSA) is 56.3 Å². The molecule has 0 fully saturated rings. The number of fused-ring (bicyclic) bond motifs is 2. The molecular weight excluding hydrogens is 342 g/mol. The fourth-order valence-electron chi connectivity index (χ4n) is 2.49. The SMILES string of the molecule is COc1cc2nc(Nc3nc4ccc(C)cc4s3)sc2cc1OC. The first-order valence-electron chi connectivity index (χ1n) is 7.33. The van der Waals surface area contributed by atoms with Gasteiger partial charge in [0, 0.05) is 12.1 Å². The lowest BCUT2D eigenvalue weighted by atomic mass is 10.2. The fraction of sp³-hybridized carbons (Fsp3) is 0.176. The Morgan fingerprint density at radius 2 is 1.46 bits per heavy atom. The van der Waals surface area contributed by atoms with E-state index in [4.69, 9.17) is 9.47 Å². The van der Waals surface area contributed by atoms with Crippen molar-refractivity contribution in [2.24, 2.45) is 0 Å². The molecule has 122 valence electrons. The van der Waals surface area contributed by atoms with Crippen LogP contribution in [0.1, 0.15) is 5.56 Å². The highest BCUT2D eigenvalue weighted by Crippen LogP contribution is 2.37. The van der Waals surface area contributed by atoms with Crippen molar-refractivity contribution in [3.8, 4) is 11.5 Å². The molecule has 24 heavy (non-hydrogen) atoms. The van der Waals surface area contributed by atoms with Crippen LogP contribution in [0.2, 0.25) is 0 Å². The Kier molecular flexibility index (Phi) is 3.74. The number of nitrogens with zero attached hydrogens (tertiary/aromatic N) is 2. The van der Waals surface area contributed by atoms with Gasteiger partial charge in [-0.2, -0.15) is 0 Å². The summed E-state index contributed by atoms with van der Waals surface area (Å²) in [4.78, 5) is 9.23. The van der Waals surface area contributed by atoms with Crippen LogP contribution >= 0.6 is 22.7 Å². The highest BCUT2D eigenvalue weighted by atomic mass is 32.1. The van der Waals surface area contributed by atoms with Gasteiger partial charge in [0.25, 0.3) is 0 Å². The van der Waals surface area contributed by atoms with E-state index in [9.17, 15) is 0 Å². The maximum absolute atomic E-state index is 5.35. The molecular formula is C17H15N3O2S2. The Bertz CT molecular complexity index is 998. The zero-order chi connectivity index (χ0) is 16.7. The molecule has 2 aromatic carbocycles. The third-order valence-corrected chi connectivity index (χ3v) is 5.52. The van der Waals surface area contributed by atoms with Crippen molar-refractivity contribution in [1.82, 2.24) is 9.97 Å². The van der Waals surface area contributed by atoms with Gasteiger partial charge in [-0.25, -0.2) is 9.97 Å². The molecule has 0 aliphatic heterocycles. The highest BCUT2D eigenvalue weighted by Gasteiger charge is 2.12. The number of aryl methyl sites for hydroxylation is 1. The number of anilines is 2. The average molecular weight is 357 g/mol. The van der Waals surface area contributed by atoms with E-state index in [-0.39, 0.29) is 0 Å². The lowest BCUT2D eigenvalue weighted by Crippen LogP contribution is -1.90. The molecule has 0 aliphatic rings. The summed E-state index contributed by atoms with van der Waals surface area (Å²) in [6.45, 7) is 2.08. The van der Waals surface area contributed by atoms with Gasteiger partial charge in [-0.05, 0) is 24.6 Å². The van der Waals surface area contributed by atoms with E-state index in [2.05, 4.69) is 34.3 Å². The molecule has 2 heterocycles. The molecule has 2 aromatic heterocycles. The summed E-state index contributed by atoms with van der Waals surface area (Å²) in [5, 5.41) is 4.95. The van der Waals surface area contributed by atoms with Crippen molar-refractivity contribution in [3.63, 3.8) is 0 Å². The van der Waals surface area contributed by atoms with E-state index < -0.39 is 0 Å². The van der Waals surface area contributed by atoms with E-state index in [1.165, 1.54) is 10.3 Å². The molecule has 0 unspecified atom stereocenters. The molecule has 0 saturated carbocycles. The van der Waals surface area contributed by atoms with Crippen LogP contribution in [0.15, 0.2) is 30.3 Å². The molecule has 0 radical (unpaired) electrons. The first-order valence-corrected chi connectivity index (χ1v) is 8.96. The van der Waals surface area contributed by atoms with E-state index in [0.29, 0.717) is 11.5 Å². The second-order valence-corrected chi connectivity index (χ2v) is 7.37. The summed E-state index contributed by atoms with van der Waals surface area (Å²) in [5.74, 6) is 1.38. The van der Waals surface area contributed by atoms with E-state index in [0.717, 1.165) is 26.0 Å². The van der Waals surface area contributed by atoms with Gasteiger partial charge in [-0.15, -0.1) is 0 Å². The third-order valence-electron chi connectivity index (χ3n) is 3.65. The first-order chi connectivity index (χ1) is 11.7. The molecule has 1 N–H and O–H groups in total. The number of nitrogens with one attached hydrogen (secondary N) is 1. The van der Waals surface area contributed by atoms with Crippen LogP contribution < -0.4 is 14.8 Å². The van der Waals surface area contributed by atoms with Gasteiger partial charge in [0.1, 0.15) is 0 Å². The van der Waals surface area contributed by atoms with Crippen LogP contribution in [0, 0.1) is 6.92 Å². The number of hydrogen-bond acceptors (Lipinski definition) is 7. The highest BCUT2D eigenvalue weighted by molar-refractivity contribution is 7.24. The molecule has 0 atom stereocenters. The smallest absolute Gasteiger partial charge is 0.190 e. The second kappa shape index (κ2) is 5.92. The van der Waals surface area contributed by atoms with Crippen molar-refractivity contribution >= 4 is 53.4 Å². The number of thiazole rings is 2. The lowest BCUT2D eigenvalue weighted by molar-refractivity contribution is 0.356. The van der Waals surface area contributed by atoms with Crippen LogP contribution in [-0.4, -0.2) is 24.2 Å². The van der Waals surface area contributed by atoms with Gasteiger partial charge >= 0.3 is 0 Å². The Morgan fingerprint density at radius 3 is 2.17 bits per heavy atom. The van der Waals surface area contributed by atoms with Gasteiger partial charge < -0.3 is 14.8 Å². The Labute approximate surface area is 146 Å². The van der Waals surface area contributed by atoms with Crippen molar-refractivity contribution < 1.29 is 9.47 Å². The first kappa shape index (κ1) is 15.2. The molecule has 0 aliphatic carbocycles. The minimum Gasteiger partial charge on any atom is -0.493 e. The number of aromatic nitrogens is 2. The lowest BCUT2D eigenvalue weighted by Gasteiger charge is -2.05. The van der Waals surface area contributed by atoms with Gasteiger partial charge in [-0.1, -0.05) is 28.7 Å². The van der Waals surface area contributed by atoms with Crippen LogP contribution in [0.5, 0.6) is 11.5 Å². The summed E-state index contributed by atoms with van der Waals surface area (Å²) in [7, 11) is 3.26. The number of rotatable bonds is 4. The van der Waals surface area contributed by atoms with E-state index in [1.807, 2.05) is 18.2 Å². The monoisotopic (exact) mass is 357 g/mol. The van der Waals surface area contributed by atoms with E-state index >= 15 is 0 Å². The number of benzene rings is 2. The number of methoxy groups -OCH3 is 2. The minimum atomic E-state index is 0.678. The number of hydrogen-bond donors (Lipinski definition) is 1. The molecule has 0 amide bonds. The van der Waals surface area contributed by atoms with Crippen molar-refractivity contribution in [1.29, 1.82) is 0 Å². The minimum absolute atomic E-state index is 0.678. The normalized spacial score (nSPS) is 11.1. The molecule has 0 spiro atoms. The largest absolute Gasteiger partial charge is 0.493 e. The predicted molar refractivity (Wildman–Crippen MR) is 100 cm³/mol. The van der Waals surface area contributed by atoms with Gasteiger partial charge in [0.15, 0.2) is 21.8 Å². The maximum atomic E-state index is 5.35. The van der Waals surface area contributed by atoms with Gasteiger partial charge in [-0.3, -0.25) is 0 Å². The van der Waals surface area contributed by atoms with E-state index in [1.54, 1.807) is 36.9 Å². The summed E-state index contributed by atoms with van der Waals surface area (Å²) in [6, 6.07) is 10.1. The van der Waals surface area contributed by atoms with Crippen molar-refractivity contribution in [3.05, 3.63) is 35.9 Å².